The molecule has 0 aliphatic carbocycles. The molecule has 0 heterocycles. The Morgan fingerprint density at radius 1 is 1.12 bits per heavy atom. The molecule has 0 bridgehead atoms. The number of hydrogen-bond acceptors (Lipinski definition) is 6. The van der Waals surface area contributed by atoms with E-state index < -0.39 is 7.60 Å². The van der Waals surface area contributed by atoms with E-state index in [2.05, 4.69) is 0 Å². The number of ether oxygens (including phenoxy) is 1. The van der Waals surface area contributed by atoms with Gasteiger partial charge in [-0.2, -0.15) is 0 Å². The van der Waals surface area contributed by atoms with Crippen LogP contribution >= 0.6 is 19.4 Å². The lowest BCUT2D eigenvalue weighted by Gasteiger charge is -2.17. The van der Waals surface area contributed by atoms with Crippen molar-refractivity contribution in [2.24, 2.45) is 0 Å². The van der Waals surface area contributed by atoms with E-state index in [1.54, 1.807) is 0 Å². The molecular weight excluding hydrogens is 371 g/mol. The summed E-state index contributed by atoms with van der Waals surface area (Å²) in [5.74, 6) is 0.945. The molecule has 0 spiro atoms. The van der Waals surface area contributed by atoms with Crippen molar-refractivity contribution in [3.63, 3.8) is 0 Å². The first-order chi connectivity index (χ1) is 12.3. The summed E-state index contributed by atoms with van der Waals surface area (Å²) in [6.07, 6.45) is 2.43. The number of para-hydroxylation sites is 1. The van der Waals surface area contributed by atoms with Crippen molar-refractivity contribution >= 4 is 19.4 Å². The SMILES string of the molecule is COP(=O)(COc1cc(C)c(Cc2cccc(SC)c2O)c(C)c1)OC. The van der Waals surface area contributed by atoms with Gasteiger partial charge in [-0.3, -0.25) is 4.57 Å². The van der Waals surface area contributed by atoms with Gasteiger partial charge in [0.1, 0.15) is 11.5 Å². The summed E-state index contributed by atoms with van der Waals surface area (Å²) in [5, 5.41) is 10.4. The van der Waals surface area contributed by atoms with Gasteiger partial charge in [-0.05, 0) is 60.6 Å². The van der Waals surface area contributed by atoms with E-state index in [0.29, 0.717) is 17.9 Å². The van der Waals surface area contributed by atoms with Gasteiger partial charge in [0, 0.05) is 25.5 Å². The van der Waals surface area contributed by atoms with Gasteiger partial charge in [0.2, 0.25) is 0 Å². The molecule has 0 aromatic heterocycles. The molecule has 2 aromatic carbocycles. The van der Waals surface area contributed by atoms with Crippen LogP contribution in [-0.4, -0.2) is 31.9 Å². The van der Waals surface area contributed by atoms with Crippen LogP contribution < -0.4 is 4.74 Å². The average molecular weight is 396 g/mol. The molecule has 0 saturated heterocycles. The minimum atomic E-state index is -3.22. The largest absolute Gasteiger partial charge is 0.506 e. The minimum absolute atomic E-state index is 0.144. The minimum Gasteiger partial charge on any atom is -0.506 e. The van der Waals surface area contributed by atoms with Crippen molar-refractivity contribution in [3.05, 3.63) is 52.6 Å². The predicted octanol–water partition coefficient (Wildman–Crippen LogP) is 5.14. The second kappa shape index (κ2) is 8.96. The Balaban J connectivity index is 2.24. The summed E-state index contributed by atoms with van der Waals surface area (Å²) in [5.41, 5.74) is 4.10. The summed E-state index contributed by atoms with van der Waals surface area (Å²) >= 11 is 1.52. The van der Waals surface area contributed by atoms with Crippen molar-refractivity contribution < 1.29 is 23.5 Å². The molecule has 0 atom stereocenters. The number of hydrogen-bond donors (Lipinski definition) is 1. The molecule has 26 heavy (non-hydrogen) atoms. The highest BCUT2D eigenvalue weighted by atomic mass is 32.2. The number of phenolic OH excluding ortho intramolecular Hbond substituents is 1. The van der Waals surface area contributed by atoms with Gasteiger partial charge in [0.25, 0.3) is 0 Å². The second-order valence-corrected chi connectivity index (χ2v) is 8.99. The lowest BCUT2D eigenvalue weighted by atomic mass is 9.95. The Labute approximate surface area is 159 Å². The normalized spacial score (nSPS) is 11.6. The first kappa shape index (κ1) is 20.8. The molecule has 0 aliphatic rings. The van der Waals surface area contributed by atoms with Crippen LogP contribution in [0.25, 0.3) is 0 Å². The standard InChI is InChI=1S/C19H25O5PS/c1-13-9-16(24-12-25(21,22-3)23-4)10-14(2)17(13)11-15-7-6-8-18(26-5)19(15)20/h6-10,20H,11-12H2,1-5H3. The van der Waals surface area contributed by atoms with Crippen LogP contribution in [0.15, 0.2) is 35.2 Å². The zero-order chi connectivity index (χ0) is 19.3. The molecule has 5 nitrogen and oxygen atoms in total. The highest BCUT2D eigenvalue weighted by molar-refractivity contribution is 7.98. The van der Waals surface area contributed by atoms with Gasteiger partial charge < -0.3 is 18.9 Å². The highest BCUT2D eigenvalue weighted by Crippen LogP contribution is 2.46. The maximum absolute atomic E-state index is 12.1. The van der Waals surface area contributed by atoms with E-state index in [-0.39, 0.29) is 6.35 Å². The Morgan fingerprint density at radius 2 is 1.73 bits per heavy atom. The number of aromatic hydroxyl groups is 1. The van der Waals surface area contributed by atoms with E-state index in [9.17, 15) is 9.67 Å². The fourth-order valence-electron chi connectivity index (χ4n) is 2.71. The van der Waals surface area contributed by atoms with Gasteiger partial charge in [-0.15, -0.1) is 11.8 Å². The third-order valence-electron chi connectivity index (χ3n) is 4.28. The maximum atomic E-state index is 12.1. The lowest BCUT2D eigenvalue weighted by Crippen LogP contribution is -2.04. The fourth-order valence-corrected chi connectivity index (χ4v) is 3.92. The van der Waals surface area contributed by atoms with Crippen LogP contribution in [0.4, 0.5) is 0 Å². The van der Waals surface area contributed by atoms with Crippen molar-refractivity contribution in [2.75, 3.05) is 26.8 Å². The quantitative estimate of drug-likeness (QED) is 0.492. The monoisotopic (exact) mass is 396 g/mol. The summed E-state index contributed by atoms with van der Waals surface area (Å²) in [6, 6.07) is 9.59. The molecule has 0 aliphatic heterocycles. The van der Waals surface area contributed by atoms with Crippen molar-refractivity contribution in [1.82, 2.24) is 0 Å². The molecule has 0 unspecified atom stereocenters. The van der Waals surface area contributed by atoms with Crippen LogP contribution in [0.3, 0.4) is 0 Å². The molecule has 0 fully saturated rings. The van der Waals surface area contributed by atoms with Gasteiger partial charge >= 0.3 is 7.60 Å². The zero-order valence-corrected chi connectivity index (χ0v) is 17.4. The zero-order valence-electron chi connectivity index (χ0n) is 15.7. The van der Waals surface area contributed by atoms with Gasteiger partial charge in [0.05, 0.1) is 0 Å². The molecule has 1 N–H and O–H groups in total. The first-order valence-corrected chi connectivity index (χ1v) is 11.1. The lowest BCUT2D eigenvalue weighted by molar-refractivity contribution is 0.240. The number of aryl methyl sites for hydroxylation is 2. The summed E-state index contributed by atoms with van der Waals surface area (Å²) in [4.78, 5) is 0.868. The molecule has 2 rings (SSSR count). The van der Waals surface area contributed by atoms with Gasteiger partial charge in [-0.1, -0.05) is 12.1 Å². The van der Waals surface area contributed by atoms with Crippen molar-refractivity contribution in [2.45, 2.75) is 25.2 Å². The molecule has 142 valence electrons. The molecular formula is C19H25O5PS. The predicted molar refractivity (Wildman–Crippen MR) is 106 cm³/mol. The third kappa shape index (κ3) is 4.83. The summed E-state index contributed by atoms with van der Waals surface area (Å²) in [7, 11) is -0.545. The van der Waals surface area contributed by atoms with Crippen LogP contribution in [0, 0.1) is 13.8 Å². The van der Waals surface area contributed by atoms with Crippen molar-refractivity contribution in [1.29, 1.82) is 0 Å². The van der Waals surface area contributed by atoms with E-state index in [1.807, 2.05) is 50.4 Å². The molecule has 2 aromatic rings. The van der Waals surface area contributed by atoms with E-state index >= 15 is 0 Å². The Bertz CT molecular complexity index is 791. The van der Waals surface area contributed by atoms with Gasteiger partial charge in [-0.25, -0.2) is 0 Å². The third-order valence-corrected chi connectivity index (χ3v) is 6.61. The van der Waals surface area contributed by atoms with E-state index in [4.69, 9.17) is 13.8 Å². The first-order valence-electron chi connectivity index (χ1n) is 8.12. The topological polar surface area (TPSA) is 65.0 Å². The second-order valence-electron chi connectivity index (χ2n) is 5.93. The van der Waals surface area contributed by atoms with Crippen LogP contribution in [0.2, 0.25) is 0 Å². The maximum Gasteiger partial charge on any atom is 0.367 e. The highest BCUT2D eigenvalue weighted by Gasteiger charge is 2.22. The summed E-state index contributed by atoms with van der Waals surface area (Å²) < 4.78 is 27.5. The van der Waals surface area contributed by atoms with E-state index in [1.165, 1.54) is 26.0 Å². The molecule has 7 heteroatoms. The van der Waals surface area contributed by atoms with Gasteiger partial charge in [0.15, 0.2) is 6.35 Å². The molecule has 0 amide bonds. The average Bonchev–Trinajstić information content (AvgIpc) is 2.64. The Kier molecular flexibility index (Phi) is 7.18. The number of rotatable bonds is 8. The van der Waals surface area contributed by atoms with Crippen LogP contribution in [-0.2, 0) is 20.0 Å². The Hall–Kier alpha value is -1.46. The van der Waals surface area contributed by atoms with E-state index in [0.717, 1.165) is 27.1 Å². The number of thioether (sulfide) groups is 1. The molecule has 0 saturated carbocycles. The van der Waals surface area contributed by atoms with Crippen molar-refractivity contribution in [3.8, 4) is 11.5 Å². The Morgan fingerprint density at radius 3 is 2.27 bits per heavy atom. The van der Waals surface area contributed by atoms with Crippen LogP contribution in [0.1, 0.15) is 22.3 Å². The smallest absolute Gasteiger partial charge is 0.367 e. The number of phenols is 1. The van der Waals surface area contributed by atoms with Crippen LogP contribution in [0.5, 0.6) is 11.5 Å². The molecule has 0 radical (unpaired) electrons. The number of benzene rings is 2. The summed E-state index contributed by atoms with van der Waals surface area (Å²) in [6.45, 7) is 3.99. The fraction of sp³-hybridized carbons (Fsp3) is 0.368.